The molecule has 0 spiro atoms. The molecule has 0 aliphatic rings. The van der Waals surface area contributed by atoms with E-state index >= 15 is 0 Å². The second kappa shape index (κ2) is 8.89. The van der Waals surface area contributed by atoms with Gasteiger partial charge in [-0.15, -0.1) is 11.3 Å². The number of nitrogens with zero attached hydrogens (tertiary/aromatic N) is 1. The Morgan fingerprint density at radius 2 is 1.69 bits per heavy atom. The zero-order valence-corrected chi connectivity index (χ0v) is 18.2. The summed E-state index contributed by atoms with van der Waals surface area (Å²) in [6.07, 6.45) is -4.54. The highest BCUT2D eigenvalue weighted by atomic mass is 32.2. The SMILES string of the molecule is O=S(=O)(Nc1cccc2ccc(CNCc3cccs3)nc12)c1ccc(C(F)(F)F)cc1. The van der Waals surface area contributed by atoms with E-state index in [1.165, 1.54) is 4.88 Å². The van der Waals surface area contributed by atoms with Crippen molar-refractivity contribution in [2.45, 2.75) is 24.2 Å². The van der Waals surface area contributed by atoms with E-state index in [1.807, 2.05) is 29.6 Å². The molecule has 0 atom stereocenters. The number of pyridine rings is 1. The Hall–Kier alpha value is -2.95. The summed E-state index contributed by atoms with van der Waals surface area (Å²) in [5, 5.41) is 6.03. The molecule has 166 valence electrons. The number of fused-ring (bicyclic) bond motifs is 1. The van der Waals surface area contributed by atoms with Gasteiger partial charge in [-0.3, -0.25) is 4.72 Å². The fraction of sp³-hybridized carbons (Fsp3) is 0.136. The smallest absolute Gasteiger partial charge is 0.306 e. The number of aromatic nitrogens is 1. The largest absolute Gasteiger partial charge is 0.416 e. The van der Waals surface area contributed by atoms with Crippen LogP contribution in [0.15, 0.2) is 77.0 Å². The molecule has 4 rings (SSSR count). The molecule has 0 fully saturated rings. The van der Waals surface area contributed by atoms with E-state index in [-0.39, 0.29) is 10.6 Å². The van der Waals surface area contributed by atoms with E-state index in [1.54, 1.807) is 29.5 Å². The Balaban J connectivity index is 1.56. The van der Waals surface area contributed by atoms with Crippen LogP contribution in [0, 0.1) is 0 Å². The number of halogens is 3. The van der Waals surface area contributed by atoms with E-state index in [9.17, 15) is 21.6 Å². The van der Waals surface area contributed by atoms with Crippen molar-refractivity contribution in [1.82, 2.24) is 10.3 Å². The summed E-state index contributed by atoms with van der Waals surface area (Å²) in [6, 6.07) is 16.1. The standard InChI is InChI=1S/C22H18F3N3O2S2/c23-22(24,25)16-7-10-19(11-8-16)32(29,30)28-20-5-1-3-15-6-9-17(27-21(15)20)13-26-14-18-4-2-12-31-18/h1-12,26,28H,13-14H2. The summed E-state index contributed by atoms with van der Waals surface area (Å²) in [5.74, 6) is 0. The maximum atomic E-state index is 12.8. The molecule has 2 aromatic carbocycles. The fourth-order valence-corrected chi connectivity index (χ4v) is 4.86. The van der Waals surface area contributed by atoms with Gasteiger partial charge in [0, 0.05) is 23.4 Å². The highest BCUT2D eigenvalue weighted by Crippen LogP contribution is 2.30. The monoisotopic (exact) mass is 477 g/mol. The van der Waals surface area contributed by atoms with Crippen LogP contribution in [0.2, 0.25) is 0 Å². The summed E-state index contributed by atoms with van der Waals surface area (Å²) < 4.78 is 66.3. The maximum Gasteiger partial charge on any atom is 0.416 e. The number of para-hydroxylation sites is 1. The molecule has 0 saturated carbocycles. The molecule has 2 heterocycles. The van der Waals surface area contributed by atoms with Gasteiger partial charge in [0.05, 0.1) is 27.4 Å². The first-order valence-corrected chi connectivity index (χ1v) is 11.9. The van der Waals surface area contributed by atoms with Gasteiger partial charge < -0.3 is 5.32 Å². The zero-order chi connectivity index (χ0) is 22.8. The summed E-state index contributed by atoms with van der Waals surface area (Å²) in [6.45, 7) is 1.19. The number of benzene rings is 2. The molecular formula is C22H18F3N3O2S2. The molecule has 0 saturated heterocycles. The molecule has 4 aromatic rings. The molecule has 0 bridgehead atoms. The summed E-state index contributed by atoms with van der Waals surface area (Å²) >= 11 is 1.65. The van der Waals surface area contributed by atoms with Crippen molar-refractivity contribution >= 4 is 38.0 Å². The highest BCUT2D eigenvalue weighted by Gasteiger charge is 2.30. The second-order valence-corrected chi connectivity index (χ2v) is 9.71. The average molecular weight is 478 g/mol. The molecule has 0 radical (unpaired) electrons. The third-order valence-electron chi connectivity index (χ3n) is 4.70. The van der Waals surface area contributed by atoms with E-state index in [4.69, 9.17) is 0 Å². The number of sulfonamides is 1. The number of nitrogens with one attached hydrogen (secondary N) is 2. The van der Waals surface area contributed by atoms with Crippen molar-refractivity contribution < 1.29 is 21.6 Å². The summed E-state index contributed by atoms with van der Waals surface area (Å²) in [4.78, 5) is 5.51. The highest BCUT2D eigenvalue weighted by molar-refractivity contribution is 7.92. The minimum absolute atomic E-state index is 0.252. The van der Waals surface area contributed by atoms with Crippen molar-refractivity contribution in [2.75, 3.05) is 4.72 Å². The minimum Gasteiger partial charge on any atom is -0.306 e. The minimum atomic E-state index is -4.54. The third-order valence-corrected chi connectivity index (χ3v) is 6.96. The number of hydrogen-bond donors (Lipinski definition) is 2. The van der Waals surface area contributed by atoms with Crippen LogP contribution in [-0.4, -0.2) is 13.4 Å². The van der Waals surface area contributed by atoms with Gasteiger partial charge in [-0.05, 0) is 47.8 Å². The first-order valence-electron chi connectivity index (χ1n) is 9.54. The average Bonchev–Trinajstić information content (AvgIpc) is 3.27. The number of alkyl halides is 3. The van der Waals surface area contributed by atoms with Gasteiger partial charge >= 0.3 is 6.18 Å². The van der Waals surface area contributed by atoms with Gasteiger partial charge in [0.15, 0.2) is 0 Å². The first kappa shape index (κ1) is 22.3. The Bertz CT molecular complexity index is 1320. The molecule has 32 heavy (non-hydrogen) atoms. The van der Waals surface area contributed by atoms with E-state index in [0.717, 1.165) is 35.3 Å². The quantitative estimate of drug-likeness (QED) is 0.374. The predicted molar refractivity (Wildman–Crippen MR) is 119 cm³/mol. The maximum absolute atomic E-state index is 12.8. The number of thiophene rings is 1. The van der Waals surface area contributed by atoms with E-state index < -0.39 is 21.8 Å². The third kappa shape index (κ3) is 5.09. The van der Waals surface area contributed by atoms with Crippen molar-refractivity contribution in [3.63, 3.8) is 0 Å². The lowest BCUT2D eigenvalue weighted by molar-refractivity contribution is -0.137. The topological polar surface area (TPSA) is 71.1 Å². The lowest BCUT2D eigenvalue weighted by Crippen LogP contribution is -2.15. The van der Waals surface area contributed by atoms with Gasteiger partial charge in [-0.2, -0.15) is 13.2 Å². The molecule has 10 heteroatoms. The molecule has 0 aliphatic carbocycles. The molecule has 5 nitrogen and oxygen atoms in total. The molecule has 2 N–H and O–H groups in total. The number of hydrogen-bond acceptors (Lipinski definition) is 5. The van der Waals surface area contributed by atoms with Crippen LogP contribution in [0.25, 0.3) is 10.9 Å². The number of anilines is 1. The van der Waals surface area contributed by atoms with Crippen molar-refractivity contribution in [3.05, 3.63) is 88.2 Å². The Morgan fingerprint density at radius 3 is 2.38 bits per heavy atom. The summed E-state index contributed by atoms with van der Waals surface area (Å²) in [7, 11) is -4.10. The van der Waals surface area contributed by atoms with E-state index in [0.29, 0.717) is 18.6 Å². The van der Waals surface area contributed by atoms with Crippen molar-refractivity contribution in [2.24, 2.45) is 0 Å². The Kier molecular flexibility index (Phi) is 6.18. The Morgan fingerprint density at radius 1 is 0.906 bits per heavy atom. The predicted octanol–water partition coefficient (Wildman–Crippen LogP) is 5.41. The Labute approximate surface area is 187 Å². The van der Waals surface area contributed by atoms with Crippen LogP contribution in [0.5, 0.6) is 0 Å². The van der Waals surface area contributed by atoms with E-state index in [2.05, 4.69) is 15.0 Å². The second-order valence-electron chi connectivity index (χ2n) is 6.99. The van der Waals surface area contributed by atoms with Gasteiger partial charge in [0.25, 0.3) is 10.0 Å². The number of rotatable bonds is 7. The molecule has 2 aromatic heterocycles. The fourth-order valence-electron chi connectivity index (χ4n) is 3.12. The van der Waals surface area contributed by atoms with Gasteiger partial charge in [0.2, 0.25) is 0 Å². The van der Waals surface area contributed by atoms with Gasteiger partial charge in [0.1, 0.15) is 0 Å². The molecule has 0 amide bonds. The van der Waals surface area contributed by atoms with Crippen LogP contribution in [0.3, 0.4) is 0 Å². The molecule has 0 unspecified atom stereocenters. The van der Waals surface area contributed by atoms with Crippen LogP contribution in [-0.2, 0) is 29.3 Å². The normalized spacial score (nSPS) is 12.2. The molecular weight excluding hydrogens is 459 g/mol. The lowest BCUT2D eigenvalue weighted by atomic mass is 10.2. The van der Waals surface area contributed by atoms with Crippen LogP contribution in [0.4, 0.5) is 18.9 Å². The van der Waals surface area contributed by atoms with Crippen molar-refractivity contribution in [3.8, 4) is 0 Å². The van der Waals surface area contributed by atoms with Crippen molar-refractivity contribution in [1.29, 1.82) is 0 Å². The van der Waals surface area contributed by atoms with Gasteiger partial charge in [-0.1, -0.05) is 24.3 Å². The lowest BCUT2D eigenvalue weighted by Gasteiger charge is -2.12. The van der Waals surface area contributed by atoms with Crippen LogP contribution in [0.1, 0.15) is 16.1 Å². The molecule has 0 aliphatic heterocycles. The zero-order valence-electron chi connectivity index (χ0n) is 16.6. The first-order chi connectivity index (χ1) is 15.2. The summed E-state index contributed by atoms with van der Waals surface area (Å²) in [5.41, 5.74) is 0.527. The van der Waals surface area contributed by atoms with Crippen LogP contribution < -0.4 is 10.0 Å². The van der Waals surface area contributed by atoms with Gasteiger partial charge in [-0.25, -0.2) is 13.4 Å². The van der Waals surface area contributed by atoms with Crippen LogP contribution >= 0.6 is 11.3 Å².